The van der Waals surface area contributed by atoms with E-state index in [4.69, 9.17) is 0 Å². The van der Waals surface area contributed by atoms with Crippen molar-refractivity contribution in [1.29, 1.82) is 0 Å². The van der Waals surface area contributed by atoms with Gasteiger partial charge in [0.2, 0.25) is 0 Å². The van der Waals surface area contributed by atoms with E-state index in [1.807, 2.05) is 0 Å². The molecule has 0 aliphatic heterocycles. The van der Waals surface area contributed by atoms with Crippen molar-refractivity contribution in [2.75, 3.05) is 0 Å². The predicted octanol–water partition coefficient (Wildman–Crippen LogP) is 3.25. The van der Waals surface area contributed by atoms with Crippen molar-refractivity contribution in [1.82, 2.24) is 0 Å². The molecule has 0 spiro atoms. The van der Waals surface area contributed by atoms with Crippen LogP contribution in [0.3, 0.4) is 0 Å². The Hall–Kier alpha value is -2.60. The first-order chi connectivity index (χ1) is 10.4. The van der Waals surface area contributed by atoms with Crippen LogP contribution in [0.2, 0.25) is 0 Å². The number of rotatable bonds is 2. The van der Waals surface area contributed by atoms with Crippen molar-refractivity contribution in [3.63, 3.8) is 0 Å². The molecular weight excluding hydrogens is 252 g/mol. The van der Waals surface area contributed by atoms with Crippen LogP contribution in [0.5, 0.6) is 0 Å². The number of benzene rings is 3. The summed E-state index contributed by atoms with van der Waals surface area (Å²) < 4.78 is 0. The SMILES string of the molecule is C1=c2ccccc2=CC1(c1ccccc1)c1ccccc1. The third kappa shape index (κ3) is 1.92. The van der Waals surface area contributed by atoms with Crippen LogP contribution in [0.1, 0.15) is 11.1 Å². The van der Waals surface area contributed by atoms with Gasteiger partial charge in [0.1, 0.15) is 0 Å². The first kappa shape index (κ1) is 12.2. The summed E-state index contributed by atoms with van der Waals surface area (Å²) in [5, 5.41) is 2.62. The van der Waals surface area contributed by atoms with E-state index in [-0.39, 0.29) is 5.41 Å². The average Bonchev–Trinajstić information content (AvgIpc) is 2.97. The van der Waals surface area contributed by atoms with Crippen LogP contribution in [-0.2, 0) is 5.41 Å². The fraction of sp³-hybridized carbons (Fsp3) is 0.0476. The van der Waals surface area contributed by atoms with Gasteiger partial charge in [-0.1, -0.05) is 97.1 Å². The Morgan fingerprint density at radius 3 is 1.24 bits per heavy atom. The van der Waals surface area contributed by atoms with Gasteiger partial charge in [-0.25, -0.2) is 0 Å². The Bertz CT molecular complexity index is 798. The van der Waals surface area contributed by atoms with E-state index in [0.29, 0.717) is 0 Å². The maximum Gasteiger partial charge on any atom is 0.0580 e. The summed E-state index contributed by atoms with van der Waals surface area (Å²) in [5.41, 5.74) is 2.46. The Kier molecular flexibility index (Phi) is 2.75. The molecule has 0 bridgehead atoms. The van der Waals surface area contributed by atoms with E-state index < -0.39 is 0 Å². The van der Waals surface area contributed by atoms with Crippen LogP contribution in [-0.4, -0.2) is 0 Å². The van der Waals surface area contributed by atoms with Crippen LogP contribution in [0.15, 0.2) is 84.9 Å². The van der Waals surface area contributed by atoms with Gasteiger partial charge < -0.3 is 0 Å². The molecule has 0 nitrogen and oxygen atoms in total. The van der Waals surface area contributed by atoms with E-state index >= 15 is 0 Å². The van der Waals surface area contributed by atoms with Crippen LogP contribution in [0.25, 0.3) is 12.2 Å². The molecular formula is C21H16. The topological polar surface area (TPSA) is 0 Å². The van der Waals surface area contributed by atoms with Gasteiger partial charge in [0, 0.05) is 0 Å². The van der Waals surface area contributed by atoms with Crippen molar-refractivity contribution in [2.24, 2.45) is 0 Å². The van der Waals surface area contributed by atoms with E-state index in [1.165, 1.54) is 21.6 Å². The molecule has 4 rings (SSSR count). The van der Waals surface area contributed by atoms with E-state index in [9.17, 15) is 0 Å². The van der Waals surface area contributed by atoms with Gasteiger partial charge in [-0.2, -0.15) is 0 Å². The minimum Gasteiger partial charge on any atom is -0.0622 e. The zero-order valence-corrected chi connectivity index (χ0v) is 11.7. The number of hydrogen-bond acceptors (Lipinski definition) is 0. The Morgan fingerprint density at radius 1 is 0.429 bits per heavy atom. The van der Waals surface area contributed by atoms with E-state index in [0.717, 1.165) is 0 Å². The highest BCUT2D eigenvalue weighted by Crippen LogP contribution is 2.36. The Labute approximate surface area is 124 Å². The summed E-state index contributed by atoms with van der Waals surface area (Å²) in [6.45, 7) is 0. The second-order valence-electron chi connectivity index (χ2n) is 5.52. The number of fused-ring (bicyclic) bond motifs is 1. The first-order valence-corrected chi connectivity index (χ1v) is 7.30. The summed E-state index contributed by atoms with van der Waals surface area (Å²) in [6, 6.07) is 30.1. The van der Waals surface area contributed by atoms with Crippen LogP contribution in [0.4, 0.5) is 0 Å². The third-order valence-corrected chi connectivity index (χ3v) is 4.27. The first-order valence-electron chi connectivity index (χ1n) is 7.30. The summed E-state index contributed by atoms with van der Waals surface area (Å²) in [5.74, 6) is 0. The van der Waals surface area contributed by atoms with E-state index in [1.54, 1.807) is 0 Å². The molecule has 0 amide bonds. The summed E-state index contributed by atoms with van der Waals surface area (Å²) >= 11 is 0. The molecule has 1 aliphatic carbocycles. The molecule has 21 heavy (non-hydrogen) atoms. The molecule has 3 aromatic carbocycles. The van der Waals surface area contributed by atoms with Gasteiger partial charge in [0.25, 0.3) is 0 Å². The van der Waals surface area contributed by atoms with Gasteiger partial charge in [0.05, 0.1) is 5.41 Å². The third-order valence-electron chi connectivity index (χ3n) is 4.27. The zero-order valence-electron chi connectivity index (χ0n) is 11.7. The Morgan fingerprint density at radius 2 is 0.810 bits per heavy atom. The van der Waals surface area contributed by atoms with Crippen LogP contribution < -0.4 is 10.4 Å². The predicted molar refractivity (Wildman–Crippen MR) is 88.3 cm³/mol. The van der Waals surface area contributed by atoms with Gasteiger partial charge >= 0.3 is 0 Å². The van der Waals surface area contributed by atoms with Crippen molar-refractivity contribution in [3.05, 3.63) is 106 Å². The molecule has 0 fully saturated rings. The van der Waals surface area contributed by atoms with E-state index in [2.05, 4.69) is 97.1 Å². The van der Waals surface area contributed by atoms with Crippen molar-refractivity contribution in [3.8, 4) is 0 Å². The molecule has 0 N–H and O–H groups in total. The van der Waals surface area contributed by atoms with Crippen LogP contribution >= 0.6 is 0 Å². The molecule has 0 saturated heterocycles. The lowest BCUT2D eigenvalue weighted by Crippen LogP contribution is -2.20. The van der Waals surface area contributed by atoms with Gasteiger partial charge in [0.15, 0.2) is 0 Å². The molecule has 0 aromatic heterocycles. The van der Waals surface area contributed by atoms with Crippen molar-refractivity contribution >= 4 is 12.2 Å². The molecule has 100 valence electrons. The highest BCUT2D eigenvalue weighted by Gasteiger charge is 2.31. The minimum atomic E-state index is -0.161. The minimum absolute atomic E-state index is 0.161. The zero-order chi connectivity index (χ0) is 14.1. The maximum atomic E-state index is 2.38. The second-order valence-corrected chi connectivity index (χ2v) is 5.52. The van der Waals surface area contributed by atoms with Crippen molar-refractivity contribution in [2.45, 2.75) is 5.41 Å². The quantitative estimate of drug-likeness (QED) is 0.669. The molecule has 0 heterocycles. The largest absolute Gasteiger partial charge is 0.0622 e. The monoisotopic (exact) mass is 268 g/mol. The maximum absolute atomic E-state index is 2.38. The summed E-state index contributed by atoms with van der Waals surface area (Å²) in [4.78, 5) is 0. The molecule has 0 unspecified atom stereocenters. The lowest BCUT2D eigenvalue weighted by molar-refractivity contribution is 0.923. The molecule has 0 atom stereocenters. The smallest absolute Gasteiger partial charge is 0.0580 e. The second kappa shape index (κ2) is 4.75. The number of hydrogen-bond donors (Lipinski definition) is 0. The molecule has 0 radical (unpaired) electrons. The molecule has 3 aromatic rings. The fourth-order valence-electron chi connectivity index (χ4n) is 3.23. The van der Waals surface area contributed by atoms with Gasteiger partial charge in [-0.05, 0) is 21.6 Å². The standard InChI is InChI=1S/C21H16/c1-3-11-19(12-4-1)21(20-13-5-2-6-14-20)15-17-9-7-8-10-18(17)16-21/h1-16H. The van der Waals surface area contributed by atoms with Crippen LogP contribution in [0, 0.1) is 0 Å². The van der Waals surface area contributed by atoms with Gasteiger partial charge in [-0.15, -0.1) is 0 Å². The highest BCUT2D eigenvalue weighted by atomic mass is 14.3. The normalized spacial score (nSPS) is 14.9. The molecule has 0 saturated carbocycles. The van der Waals surface area contributed by atoms with Crippen molar-refractivity contribution < 1.29 is 0 Å². The summed E-state index contributed by atoms with van der Waals surface area (Å²) in [6.07, 6.45) is 4.76. The lowest BCUT2D eigenvalue weighted by Gasteiger charge is -2.27. The lowest BCUT2D eigenvalue weighted by atomic mass is 9.75. The molecule has 0 heteroatoms. The highest BCUT2D eigenvalue weighted by molar-refractivity contribution is 5.74. The fourth-order valence-corrected chi connectivity index (χ4v) is 3.23. The Balaban J connectivity index is 2.05. The average molecular weight is 268 g/mol. The summed E-state index contributed by atoms with van der Waals surface area (Å²) in [7, 11) is 0. The molecule has 1 aliphatic rings. The van der Waals surface area contributed by atoms with Gasteiger partial charge in [-0.3, -0.25) is 0 Å².